The van der Waals surface area contributed by atoms with E-state index in [0.29, 0.717) is 5.69 Å². The van der Waals surface area contributed by atoms with Gasteiger partial charge in [-0.3, -0.25) is 9.69 Å². The molecule has 1 aromatic heterocycles. The molecule has 0 saturated carbocycles. The zero-order chi connectivity index (χ0) is 19.6. The van der Waals surface area contributed by atoms with Crippen LogP contribution in [0.1, 0.15) is 12.6 Å². The standard InChI is InChI=1S/C17H23N5O3S2/c1-12-11-26-17(19-12)22-9-7-21(8-10-22)13(2)16(23)20-14-3-5-15(6-4-14)27(18,24)25/h3-6,11,13H,7-10H2,1-2H3,(H,20,23)(H2,18,24,25)/t13-/m0/s1. The number of primary sulfonamides is 1. The SMILES string of the molecule is Cc1csc(N2CCN([C@@H](C)C(=O)Nc3ccc(S(N)(=O)=O)cc3)CC2)n1. The second-order valence-corrected chi connectivity index (χ2v) is 8.93. The monoisotopic (exact) mass is 409 g/mol. The Hall–Kier alpha value is -2.01. The van der Waals surface area contributed by atoms with Crippen molar-refractivity contribution in [2.24, 2.45) is 5.14 Å². The number of anilines is 2. The molecule has 2 heterocycles. The van der Waals surface area contributed by atoms with Crippen LogP contribution in [0.4, 0.5) is 10.8 Å². The van der Waals surface area contributed by atoms with Gasteiger partial charge in [0.2, 0.25) is 15.9 Å². The molecule has 0 aliphatic carbocycles. The smallest absolute Gasteiger partial charge is 0.241 e. The molecule has 1 fully saturated rings. The molecule has 1 amide bonds. The van der Waals surface area contributed by atoms with Gasteiger partial charge in [-0.25, -0.2) is 18.5 Å². The van der Waals surface area contributed by atoms with Crippen LogP contribution in [0.2, 0.25) is 0 Å². The van der Waals surface area contributed by atoms with Crippen molar-refractivity contribution < 1.29 is 13.2 Å². The summed E-state index contributed by atoms with van der Waals surface area (Å²) in [6.45, 7) is 7.06. The molecule has 3 N–H and O–H groups in total. The average molecular weight is 410 g/mol. The molecule has 3 rings (SSSR count). The van der Waals surface area contributed by atoms with E-state index in [2.05, 4.69) is 20.1 Å². The fraction of sp³-hybridized carbons (Fsp3) is 0.412. The lowest BCUT2D eigenvalue weighted by molar-refractivity contribution is -0.120. The minimum Gasteiger partial charge on any atom is -0.346 e. The molecule has 1 atom stereocenters. The third-order valence-electron chi connectivity index (χ3n) is 4.57. The molecule has 0 unspecified atom stereocenters. The maximum absolute atomic E-state index is 12.5. The van der Waals surface area contributed by atoms with E-state index < -0.39 is 10.0 Å². The number of carbonyl (C=O) groups excluding carboxylic acids is 1. The normalized spacial score (nSPS) is 16.9. The van der Waals surface area contributed by atoms with Gasteiger partial charge in [0.05, 0.1) is 16.6 Å². The first-order chi connectivity index (χ1) is 12.7. The zero-order valence-electron chi connectivity index (χ0n) is 15.3. The van der Waals surface area contributed by atoms with E-state index in [-0.39, 0.29) is 16.8 Å². The molecule has 27 heavy (non-hydrogen) atoms. The molecule has 0 spiro atoms. The van der Waals surface area contributed by atoms with Crippen LogP contribution in [0, 0.1) is 6.92 Å². The summed E-state index contributed by atoms with van der Waals surface area (Å²) in [6.07, 6.45) is 0. The van der Waals surface area contributed by atoms with Crippen LogP contribution in [0.3, 0.4) is 0 Å². The van der Waals surface area contributed by atoms with Gasteiger partial charge in [-0.1, -0.05) is 0 Å². The summed E-state index contributed by atoms with van der Waals surface area (Å²) in [7, 11) is -3.74. The predicted octanol–water partition coefficient (Wildman–Crippen LogP) is 1.25. The van der Waals surface area contributed by atoms with Crippen molar-refractivity contribution in [2.45, 2.75) is 24.8 Å². The van der Waals surface area contributed by atoms with Crippen molar-refractivity contribution in [3.05, 3.63) is 35.3 Å². The van der Waals surface area contributed by atoms with Gasteiger partial charge in [0.15, 0.2) is 5.13 Å². The van der Waals surface area contributed by atoms with Crippen LogP contribution in [0.25, 0.3) is 0 Å². The molecule has 10 heteroatoms. The summed E-state index contributed by atoms with van der Waals surface area (Å²) in [6, 6.07) is 5.54. The van der Waals surface area contributed by atoms with Gasteiger partial charge in [0.1, 0.15) is 0 Å². The molecule has 1 aliphatic heterocycles. The number of hydrogen-bond acceptors (Lipinski definition) is 7. The molecular weight excluding hydrogens is 386 g/mol. The summed E-state index contributed by atoms with van der Waals surface area (Å²) in [5.41, 5.74) is 1.56. The number of nitrogens with one attached hydrogen (secondary N) is 1. The fourth-order valence-corrected chi connectivity index (χ4v) is 4.30. The van der Waals surface area contributed by atoms with Crippen LogP contribution < -0.4 is 15.4 Å². The van der Waals surface area contributed by atoms with Gasteiger partial charge in [-0.05, 0) is 38.1 Å². The highest BCUT2D eigenvalue weighted by Gasteiger charge is 2.26. The Morgan fingerprint density at radius 1 is 1.22 bits per heavy atom. The van der Waals surface area contributed by atoms with Crippen molar-refractivity contribution in [1.82, 2.24) is 9.88 Å². The lowest BCUT2D eigenvalue weighted by Crippen LogP contribution is -2.52. The minimum absolute atomic E-state index is 0.0158. The number of nitrogens with zero attached hydrogens (tertiary/aromatic N) is 3. The zero-order valence-corrected chi connectivity index (χ0v) is 16.9. The molecule has 1 aromatic carbocycles. The average Bonchev–Trinajstić information content (AvgIpc) is 3.07. The van der Waals surface area contributed by atoms with Crippen LogP contribution >= 0.6 is 11.3 Å². The van der Waals surface area contributed by atoms with Crippen molar-refractivity contribution in [3.8, 4) is 0 Å². The lowest BCUT2D eigenvalue weighted by Gasteiger charge is -2.37. The van der Waals surface area contributed by atoms with Crippen molar-refractivity contribution in [2.75, 3.05) is 36.4 Å². The van der Waals surface area contributed by atoms with Crippen LogP contribution in [-0.2, 0) is 14.8 Å². The van der Waals surface area contributed by atoms with Crippen molar-refractivity contribution in [1.29, 1.82) is 0 Å². The minimum atomic E-state index is -3.74. The van der Waals surface area contributed by atoms with Crippen molar-refractivity contribution in [3.63, 3.8) is 0 Å². The maximum Gasteiger partial charge on any atom is 0.241 e. The number of nitrogens with two attached hydrogens (primary N) is 1. The number of amides is 1. The topological polar surface area (TPSA) is 109 Å². The van der Waals surface area contributed by atoms with Crippen LogP contribution in [0.5, 0.6) is 0 Å². The summed E-state index contributed by atoms with van der Waals surface area (Å²) in [5.74, 6) is -0.128. The number of benzene rings is 1. The Kier molecular flexibility index (Phi) is 5.80. The van der Waals surface area contributed by atoms with Crippen LogP contribution in [-0.4, -0.2) is 56.4 Å². The number of sulfonamides is 1. The second-order valence-electron chi connectivity index (χ2n) is 6.53. The summed E-state index contributed by atoms with van der Waals surface area (Å²) in [4.78, 5) is 21.4. The number of carbonyl (C=O) groups is 1. The Bertz CT molecular complexity index is 903. The van der Waals surface area contributed by atoms with E-state index in [1.807, 2.05) is 19.2 Å². The Morgan fingerprint density at radius 3 is 2.37 bits per heavy atom. The number of rotatable bonds is 5. The number of piperazine rings is 1. The quantitative estimate of drug-likeness (QED) is 0.769. The van der Waals surface area contributed by atoms with E-state index >= 15 is 0 Å². The summed E-state index contributed by atoms with van der Waals surface area (Å²) < 4.78 is 22.6. The maximum atomic E-state index is 12.5. The second kappa shape index (κ2) is 7.93. The van der Waals surface area contributed by atoms with Crippen LogP contribution in [0.15, 0.2) is 34.5 Å². The molecular formula is C17H23N5O3S2. The Labute approximate surface area is 163 Å². The van der Waals surface area contributed by atoms with Gasteiger partial charge in [-0.15, -0.1) is 11.3 Å². The molecule has 0 radical (unpaired) electrons. The highest BCUT2D eigenvalue weighted by atomic mass is 32.2. The van der Waals surface area contributed by atoms with Gasteiger partial charge >= 0.3 is 0 Å². The number of aryl methyl sites for hydroxylation is 1. The molecule has 146 valence electrons. The van der Waals surface area contributed by atoms with Gasteiger partial charge in [0, 0.05) is 37.2 Å². The van der Waals surface area contributed by atoms with Gasteiger partial charge in [-0.2, -0.15) is 0 Å². The number of hydrogen-bond donors (Lipinski definition) is 2. The Balaban J connectivity index is 1.55. The van der Waals surface area contributed by atoms with E-state index in [9.17, 15) is 13.2 Å². The molecule has 2 aromatic rings. The molecule has 8 nitrogen and oxygen atoms in total. The fourth-order valence-electron chi connectivity index (χ4n) is 2.93. The van der Waals surface area contributed by atoms with E-state index in [0.717, 1.165) is 37.0 Å². The molecule has 0 bridgehead atoms. The highest BCUT2D eigenvalue weighted by molar-refractivity contribution is 7.89. The molecule has 1 saturated heterocycles. The van der Waals surface area contributed by atoms with E-state index in [1.165, 1.54) is 24.3 Å². The predicted molar refractivity (Wildman–Crippen MR) is 107 cm³/mol. The van der Waals surface area contributed by atoms with Gasteiger partial charge < -0.3 is 10.2 Å². The largest absolute Gasteiger partial charge is 0.346 e. The summed E-state index contributed by atoms with van der Waals surface area (Å²) in [5, 5.41) is 11.0. The first kappa shape index (κ1) is 19.7. The number of thiazole rings is 1. The van der Waals surface area contributed by atoms with E-state index in [1.54, 1.807) is 11.3 Å². The molecule has 1 aliphatic rings. The third-order valence-corrected chi connectivity index (χ3v) is 6.52. The Morgan fingerprint density at radius 2 is 1.85 bits per heavy atom. The third kappa shape index (κ3) is 4.83. The van der Waals surface area contributed by atoms with E-state index in [4.69, 9.17) is 5.14 Å². The number of aromatic nitrogens is 1. The van der Waals surface area contributed by atoms with Gasteiger partial charge in [0.25, 0.3) is 0 Å². The highest BCUT2D eigenvalue weighted by Crippen LogP contribution is 2.22. The summed E-state index contributed by atoms with van der Waals surface area (Å²) >= 11 is 1.64. The first-order valence-corrected chi connectivity index (χ1v) is 11.0. The van der Waals surface area contributed by atoms with Crippen molar-refractivity contribution >= 4 is 38.1 Å². The lowest BCUT2D eigenvalue weighted by atomic mass is 10.2. The first-order valence-electron chi connectivity index (χ1n) is 8.59.